The summed E-state index contributed by atoms with van der Waals surface area (Å²) in [7, 11) is 0. The highest BCUT2D eigenvalue weighted by molar-refractivity contribution is 5.58. The fourth-order valence-electron chi connectivity index (χ4n) is 1.47. The molecule has 0 aliphatic carbocycles. The van der Waals surface area contributed by atoms with Crippen molar-refractivity contribution in [2.24, 2.45) is 0 Å². The lowest BCUT2D eigenvalue weighted by Crippen LogP contribution is -1.90. The molecule has 2 rings (SSSR count). The number of aromatic nitrogens is 1. The summed E-state index contributed by atoms with van der Waals surface area (Å²) in [6.07, 6.45) is 2.13. The van der Waals surface area contributed by atoms with Crippen molar-refractivity contribution in [3.8, 4) is 11.5 Å². The predicted octanol–water partition coefficient (Wildman–Crippen LogP) is 2.18. The highest BCUT2D eigenvalue weighted by atomic mass is 16.3. The molecule has 1 heterocycles. The van der Waals surface area contributed by atoms with Crippen molar-refractivity contribution in [3.63, 3.8) is 0 Å². The fourth-order valence-corrected chi connectivity index (χ4v) is 1.47. The van der Waals surface area contributed by atoms with Gasteiger partial charge in [-0.25, -0.2) is 4.98 Å². The Kier molecular flexibility index (Phi) is 2.83. The Bertz CT molecular complexity index is 448. The van der Waals surface area contributed by atoms with Crippen LogP contribution in [0.3, 0.4) is 0 Å². The van der Waals surface area contributed by atoms with Crippen LogP contribution in [0.25, 0.3) is 11.5 Å². The van der Waals surface area contributed by atoms with Gasteiger partial charge in [-0.1, -0.05) is 18.2 Å². The van der Waals surface area contributed by atoms with Gasteiger partial charge in [-0.05, 0) is 18.6 Å². The van der Waals surface area contributed by atoms with E-state index in [1.54, 1.807) is 6.26 Å². The van der Waals surface area contributed by atoms with Crippen LogP contribution in [0.4, 0.5) is 0 Å². The van der Waals surface area contributed by atoms with Gasteiger partial charge < -0.3 is 9.52 Å². The van der Waals surface area contributed by atoms with Gasteiger partial charge in [0.05, 0.1) is 5.69 Å². The van der Waals surface area contributed by atoms with E-state index in [0.717, 1.165) is 16.8 Å². The molecule has 0 saturated heterocycles. The summed E-state index contributed by atoms with van der Waals surface area (Å²) in [5, 5.41) is 8.77. The molecule has 0 bridgehead atoms. The van der Waals surface area contributed by atoms with E-state index < -0.39 is 0 Å². The summed E-state index contributed by atoms with van der Waals surface area (Å²) in [5.74, 6) is 0.622. The molecule has 0 spiro atoms. The quantitative estimate of drug-likeness (QED) is 0.831. The zero-order valence-electron chi connectivity index (χ0n) is 8.60. The lowest BCUT2D eigenvalue weighted by molar-refractivity contribution is 0.298. The van der Waals surface area contributed by atoms with Gasteiger partial charge in [-0.2, -0.15) is 0 Å². The van der Waals surface area contributed by atoms with Crippen LogP contribution in [0, 0.1) is 6.92 Å². The van der Waals surface area contributed by atoms with Crippen molar-refractivity contribution in [1.82, 2.24) is 4.98 Å². The maximum absolute atomic E-state index is 8.77. The Morgan fingerprint density at radius 1 is 1.33 bits per heavy atom. The number of aryl methyl sites for hydroxylation is 1. The molecule has 2 aromatic rings. The fraction of sp³-hybridized carbons (Fsp3) is 0.250. The molecule has 3 heteroatoms. The van der Waals surface area contributed by atoms with E-state index in [4.69, 9.17) is 9.52 Å². The molecule has 1 aromatic heterocycles. The van der Waals surface area contributed by atoms with Gasteiger partial charge in [0.1, 0.15) is 6.26 Å². The van der Waals surface area contributed by atoms with E-state index in [1.165, 1.54) is 0 Å². The molecule has 0 radical (unpaired) electrons. The highest BCUT2D eigenvalue weighted by Gasteiger charge is 2.07. The highest BCUT2D eigenvalue weighted by Crippen LogP contribution is 2.22. The Morgan fingerprint density at radius 3 is 2.87 bits per heavy atom. The molecule has 1 N–H and O–H groups in total. The lowest BCUT2D eigenvalue weighted by Gasteiger charge is -1.98. The molecule has 0 aliphatic rings. The first-order valence-electron chi connectivity index (χ1n) is 4.92. The van der Waals surface area contributed by atoms with E-state index >= 15 is 0 Å². The predicted molar refractivity (Wildman–Crippen MR) is 57.5 cm³/mol. The van der Waals surface area contributed by atoms with Gasteiger partial charge in [0.15, 0.2) is 0 Å². The van der Waals surface area contributed by atoms with Gasteiger partial charge >= 0.3 is 0 Å². The molecule has 0 fully saturated rings. The second-order valence-electron chi connectivity index (χ2n) is 3.43. The average molecular weight is 203 g/mol. The van der Waals surface area contributed by atoms with Crippen molar-refractivity contribution in [2.45, 2.75) is 13.3 Å². The van der Waals surface area contributed by atoms with Crippen LogP contribution in [-0.4, -0.2) is 16.7 Å². The zero-order valence-corrected chi connectivity index (χ0v) is 8.60. The van der Waals surface area contributed by atoms with Crippen molar-refractivity contribution in [3.05, 3.63) is 41.8 Å². The average Bonchev–Trinajstić information content (AvgIpc) is 2.68. The van der Waals surface area contributed by atoms with Crippen LogP contribution in [0.15, 0.2) is 34.9 Å². The summed E-state index contributed by atoms with van der Waals surface area (Å²) >= 11 is 0. The third-order valence-corrected chi connectivity index (χ3v) is 2.30. The van der Waals surface area contributed by atoms with Gasteiger partial charge in [0.2, 0.25) is 5.89 Å². The molecule has 78 valence electrons. The summed E-state index contributed by atoms with van der Waals surface area (Å²) in [4.78, 5) is 4.30. The minimum atomic E-state index is 0.0970. The minimum Gasteiger partial charge on any atom is -0.444 e. The van der Waals surface area contributed by atoms with Crippen molar-refractivity contribution >= 4 is 0 Å². The van der Waals surface area contributed by atoms with Crippen LogP contribution in [0.2, 0.25) is 0 Å². The van der Waals surface area contributed by atoms with Crippen LogP contribution >= 0.6 is 0 Å². The monoisotopic (exact) mass is 203 g/mol. The van der Waals surface area contributed by atoms with Gasteiger partial charge in [-0.3, -0.25) is 0 Å². The molecule has 1 aromatic carbocycles. The largest absolute Gasteiger partial charge is 0.444 e. The Balaban J connectivity index is 2.33. The SMILES string of the molecule is Cc1ccccc1-c1nc(CCO)co1. The molecular weight excluding hydrogens is 190 g/mol. The number of nitrogens with zero attached hydrogens (tertiary/aromatic N) is 1. The van der Waals surface area contributed by atoms with E-state index in [0.29, 0.717) is 12.3 Å². The number of aliphatic hydroxyl groups is 1. The third-order valence-electron chi connectivity index (χ3n) is 2.30. The third kappa shape index (κ3) is 2.07. The van der Waals surface area contributed by atoms with E-state index in [2.05, 4.69) is 4.98 Å². The Morgan fingerprint density at radius 2 is 2.13 bits per heavy atom. The first-order chi connectivity index (χ1) is 7.31. The standard InChI is InChI=1S/C12H13NO2/c1-9-4-2-3-5-11(9)12-13-10(6-7-14)8-15-12/h2-5,8,14H,6-7H2,1H3. The number of aliphatic hydroxyl groups excluding tert-OH is 1. The summed E-state index contributed by atoms with van der Waals surface area (Å²) < 4.78 is 5.36. The number of oxazole rings is 1. The minimum absolute atomic E-state index is 0.0970. The molecule has 0 aliphatic heterocycles. The lowest BCUT2D eigenvalue weighted by atomic mass is 10.1. The maximum Gasteiger partial charge on any atom is 0.226 e. The molecule has 0 saturated carbocycles. The van der Waals surface area contributed by atoms with E-state index in [9.17, 15) is 0 Å². The normalized spacial score (nSPS) is 10.5. The molecule has 0 unspecified atom stereocenters. The molecule has 3 nitrogen and oxygen atoms in total. The van der Waals surface area contributed by atoms with Gasteiger partial charge in [0.25, 0.3) is 0 Å². The van der Waals surface area contributed by atoms with E-state index in [1.807, 2.05) is 31.2 Å². The van der Waals surface area contributed by atoms with Crippen LogP contribution in [0.5, 0.6) is 0 Å². The van der Waals surface area contributed by atoms with Crippen molar-refractivity contribution < 1.29 is 9.52 Å². The van der Waals surface area contributed by atoms with Crippen molar-refractivity contribution in [2.75, 3.05) is 6.61 Å². The molecule has 15 heavy (non-hydrogen) atoms. The number of rotatable bonds is 3. The summed E-state index contributed by atoms with van der Waals surface area (Å²) in [5.41, 5.74) is 2.92. The van der Waals surface area contributed by atoms with E-state index in [-0.39, 0.29) is 6.61 Å². The topological polar surface area (TPSA) is 46.3 Å². The Labute approximate surface area is 88.4 Å². The molecule has 0 atom stereocenters. The Hall–Kier alpha value is -1.61. The van der Waals surface area contributed by atoms with Gasteiger partial charge in [0, 0.05) is 18.6 Å². The summed E-state index contributed by atoms with van der Waals surface area (Å²) in [6.45, 7) is 2.12. The zero-order chi connectivity index (χ0) is 10.7. The smallest absolute Gasteiger partial charge is 0.226 e. The number of hydrogen-bond donors (Lipinski definition) is 1. The number of hydrogen-bond acceptors (Lipinski definition) is 3. The second-order valence-corrected chi connectivity index (χ2v) is 3.43. The number of benzene rings is 1. The van der Waals surface area contributed by atoms with Crippen LogP contribution in [0.1, 0.15) is 11.3 Å². The van der Waals surface area contributed by atoms with Gasteiger partial charge in [-0.15, -0.1) is 0 Å². The summed E-state index contributed by atoms with van der Waals surface area (Å²) in [6, 6.07) is 7.93. The first-order valence-corrected chi connectivity index (χ1v) is 4.92. The molecular formula is C12H13NO2. The van der Waals surface area contributed by atoms with Crippen LogP contribution in [-0.2, 0) is 6.42 Å². The van der Waals surface area contributed by atoms with Crippen LogP contribution < -0.4 is 0 Å². The van der Waals surface area contributed by atoms with Crippen molar-refractivity contribution in [1.29, 1.82) is 0 Å². The first kappa shape index (κ1) is 9.93. The molecule has 0 amide bonds. The second kappa shape index (κ2) is 4.28. The maximum atomic E-state index is 8.77.